The Bertz CT molecular complexity index is 1770. The first-order valence-corrected chi connectivity index (χ1v) is 17.3. The zero-order valence-corrected chi connectivity index (χ0v) is 28.8. The van der Waals surface area contributed by atoms with Crippen LogP contribution in [0.5, 0.6) is 5.75 Å². The second-order valence-electron chi connectivity index (χ2n) is 13.4. The molecular formula is C37H43F2N7O5. The number of amides is 2. The van der Waals surface area contributed by atoms with Crippen LogP contribution in [-0.2, 0) is 21.6 Å². The van der Waals surface area contributed by atoms with Gasteiger partial charge in [-0.2, -0.15) is 5.10 Å². The Kier molecular flexibility index (Phi) is 10.1. The minimum absolute atomic E-state index is 0.00401. The van der Waals surface area contributed by atoms with E-state index in [1.807, 2.05) is 60.0 Å². The highest BCUT2D eigenvalue weighted by Gasteiger charge is 2.46. The Morgan fingerprint density at radius 2 is 1.63 bits per heavy atom. The fourth-order valence-corrected chi connectivity index (χ4v) is 7.27. The number of anilines is 3. The number of halogens is 2. The molecule has 4 aromatic rings. The number of aliphatic hydroxyl groups is 1. The normalized spacial score (nSPS) is 22.4. The van der Waals surface area contributed by atoms with Crippen LogP contribution in [0.25, 0.3) is 0 Å². The molecule has 0 spiro atoms. The fourth-order valence-electron chi connectivity index (χ4n) is 7.27. The van der Waals surface area contributed by atoms with Crippen molar-refractivity contribution in [3.63, 3.8) is 0 Å². The predicted molar refractivity (Wildman–Crippen MR) is 187 cm³/mol. The van der Waals surface area contributed by atoms with Gasteiger partial charge in [0.1, 0.15) is 42.2 Å². The van der Waals surface area contributed by atoms with Crippen LogP contribution in [-0.4, -0.2) is 102 Å². The lowest BCUT2D eigenvalue weighted by molar-refractivity contribution is -0.117. The van der Waals surface area contributed by atoms with Crippen molar-refractivity contribution in [3.8, 4) is 5.75 Å². The van der Waals surface area contributed by atoms with E-state index in [4.69, 9.17) is 14.2 Å². The third kappa shape index (κ3) is 7.34. The van der Waals surface area contributed by atoms with Gasteiger partial charge < -0.3 is 34.0 Å². The van der Waals surface area contributed by atoms with E-state index >= 15 is 0 Å². The summed E-state index contributed by atoms with van der Waals surface area (Å²) in [5.74, 6) is -0.759. The molecule has 7 rings (SSSR count). The van der Waals surface area contributed by atoms with Crippen molar-refractivity contribution in [2.24, 2.45) is 0 Å². The van der Waals surface area contributed by atoms with Crippen LogP contribution in [0.2, 0.25) is 0 Å². The molecule has 0 saturated carbocycles. The zero-order valence-electron chi connectivity index (χ0n) is 28.8. The average molecular weight is 704 g/mol. The van der Waals surface area contributed by atoms with E-state index in [2.05, 4.69) is 32.0 Å². The van der Waals surface area contributed by atoms with Crippen LogP contribution in [0.15, 0.2) is 79.4 Å². The van der Waals surface area contributed by atoms with Gasteiger partial charge in [0.2, 0.25) is 0 Å². The van der Waals surface area contributed by atoms with Gasteiger partial charge in [0, 0.05) is 74.1 Å². The lowest BCUT2D eigenvalue weighted by Crippen LogP contribution is -2.46. The number of benzene rings is 3. The van der Waals surface area contributed by atoms with E-state index in [0.717, 1.165) is 49.3 Å². The fraction of sp³-hybridized carbons (Fsp3) is 0.432. The summed E-state index contributed by atoms with van der Waals surface area (Å²) in [6, 6.07) is 19.5. The smallest absolute Gasteiger partial charge is 0.325 e. The quantitative estimate of drug-likeness (QED) is 0.226. The molecule has 3 aromatic carbocycles. The number of carbonyl (C=O) groups is 1. The molecule has 0 bridgehead atoms. The first-order chi connectivity index (χ1) is 24.7. The van der Waals surface area contributed by atoms with Gasteiger partial charge in [-0.1, -0.05) is 6.07 Å². The van der Waals surface area contributed by atoms with Crippen LogP contribution in [0, 0.1) is 11.6 Å². The number of piperazine rings is 1. The van der Waals surface area contributed by atoms with Crippen LogP contribution in [0.3, 0.4) is 0 Å². The maximum atomic E-state index is 14.9. The van der Waals surface area contributed by atoms with Gasteiger partial charge in [-0.25, -0.2) is 23.2 Å². The Labute approximate surface area is 295 Å². The van der Waals surface area contributed by atoms with Crippen LogP contribution < -0.4 is 19.4 Å². The number of urea groups is 1. The molecule has 3 aliphatic heterocycles. The van der Waals surface area contributed by atoms with Crippen molar-refractivity contribution in [1.29, 1.82) is 0 Å². The van der Waals surface area contributed by atoms with Gasteiger partial charge in [0.25, 0.3) is 0 Å². The molecule has 51 heavy (non-hydrogen) atoms. The molecule has 1 N–H and O–H groups in total. The predicted octanol–water partition coefficient (Wildman–Crippen LogP) is 4.63. The minimum atomic E-state index is -1.24. The summed E-state index contributed by atoms with van der Waals surface area (Å²) in [5, 5.41) is 13.6. The molecule has 3 atom stereocenters. The summed E-state index contributed by atoms with van der Waals surface area (Å²) >= 11 is 0. The van der Waals surface area contributed by atoms with Gasteiger partial charge in [0.15, 0.2) is 6.29 Å². The van der Waals surface area contributed by atoms with Gasteiger partial charge in [-0.15, -0.1) is 0 Å². The molecule has 12 nitrogen and oxygen atoms in total. The van der Waals surface area contributed by atoms with Crippen LogP contribution in [0.4, 0.5) is 30.6 Å². The number of hydrogen-bond donors (Lipinski definition) is 1. The summed E-state index contributed by atoms with van der Waals surface area (Å²) in [6.07, 6.45) is 2.67. The van der Waals surface area contributed by atoms with E-state index in [0.29, 0.717) is 18.7 Å². The summed E-state index contributed by atoms with van der Waals surface area (Å²) < 4.78 is 48.3. The highest BCUT2D eigenvalue weighted by Crippen LogP contribution is 2.37. The standard InChI is InChI=1S/C37H43F2N7O5/c1-26(2)46-31(13-18-47)20-45(36(46)48)30-6-4-28(5-7-30)42-14-16-43(17-15-42)29-8-10-32(11-9-29)49-21-35-50-23-37(51-35,22-44-25-40-24-41-44)33-12-3-27(38)19-34(33)39/h3-12,19,24-26,31,35,47H,13-18,20-23H2,1-2H3/t31?,35-,37+/m0/s1. The number of ether oxygens (including phenoxy) is 3. The lowest BCUT2D eigenvalue weighted by Gasteiger charge is -2.37. The monoisotopic (exact) mass is 703 g/mol. The molecule has 14 heteroatoms. The number of rotatable bonds is 12. The topological polar surface area (TPSA) is 109 Å². The zero-order chi connectivity index (χ0) is 35.5. The van der Waals surface area contributed by atoms with Crippen molar-refractivity contribution >= 4 is 23.1 Å². The number of carbonyl (C=O) groups excluding carboxylic acids is 1. The van der Waals surface area contributed by atoms with Crippen molar-refractivity contribution < 1.29 is 32.9 Å². The van der Waals surface area contributed by atoms with Gasteiger partial charge in [-0.05, 0) is 74.9 Å². The highest BCUT2D eigenvalue weighted by molar-refractivity contribution is 5.95. The Morgan fingerprint density at radius 1 is 0.961 bits per heavy atom. The second kappa shape index (κ2) is 14.8. The average Bonchev–Trinajstić information content (AvgIpc) is 3.88. The third-order valence-corrected chi connectivity index (χ3v) is 9.82. The lowest BCUT2D eigenvalue weighted by atomic mass is 9.94. The molecule has 2 amide bonds. The molecule has 3 fully saturated rings. The molecule has 0 aliphatic carbocycles. The molecule has 270 valence electrons. The third-order valence-electron chi connectivity index (χ3n) is 9.82. The largest absolute Gasteiger partial charge is 0.488 e. The first kappa shape index (κ1) is 34.6. The molecule has 1 unspecified atom stereocenters. The molecule has 4 heterocycles. The summed E-state index contributed by atoms with van der Waals surface area (Å²) in [4.78, 5) is 25.5. The van der Waals surface area contributed by atoms with Crippen LogP contribution >= 0.6 is 0 Å². The maximum absolute atomic E-state index is 14.9. The van der Waals surface area contributed by atoms with Gasteiger partial charge >= 0.3 is 6.03 Å². The van der Waals surface area contributed by atoms with E-state index in [1.165, 1.54) is 29.5 Å². The molecule has 0 radical (unpaired) electrons. The summed E-state index contributed by atoms with van der Waals surface area (Å²) in [6.45, 7) is 8.26. The number of nitrogens with zero attached hydrogens (tertiary/aromatic N) is 7. The SMILES string of the molecule is CC(C)N1C(=O)N(c2ccc(N3CCN(c4ccc(OC[C@H]5OC[C@](Cn6cncn6)(c6ccc(F)cc6F)O5)cc4)CC3)cc2)CC1CCO. The Balaban J connectivity index is 0.913. The maximum Gasteiger partial charge on any atom is 0.325 e. The molecular weight excluding hydrogens is 660 g/mol. The molecule has 3 aliphatic rings. The number of hydrogen-bond acceptors (Lipinski definition) is 9. The summed E-state index contributed by atoms with van der Waals surface area (Å²) in [7, 11) is 0. The van der Waals surface area contributed by atoms with E-state index < -0.39 is 23.5 Å². The van der Waals surface area contributed by atoms with E-state index in [1.54, 1.807) is 0 Å². The highest BCUT2D eigenvalue weighted by atomic mass is 19.1. The first-order valence-electron chi connectivity index (χ1n) is 17.3. The van der Waals surface area contributed by atoms with Crippen LogP contribution in [0.1, 0.15) is 25.8 Å². The summed E-state index contributed by atoms with van der Waals surface area (Å²) in [5.41, 5.74) is 2.01. The molecule has 1 aromatic heterocycles. The Hall–Kier alpha value is -4.79. The number of aromatic nitrogens is 3. The van der Waals surface area contributed by atoms with Gasteiger partial charge in [0.05, 0.1) is 19.2 Å². The minimum Gasteiger partial charge on any atom is -0.488 e. The van der Waals surface area contributed by atoms with Crippen molar-refractivity contribution in [2.45, 2.75) is 50.8 Å². The second-order valence-corrected chi connectivity index (χ2v) is 13.4. The van der Waals surface area contributed by atoms with Gasteiger partial charge in [-0.3, -0.25) is 4.90 Å². The molecule has 3 saturated heterocycles. The Morgan fingerprint density at radius 3 is 2.24 bits per heavy atom. The van der Waals surface area contributed by atoms with E-state index in [9.17, 15) is 18.7 Å². The number of aliphatic hydroxyl groups excluding tert-OH is 1. The van der Waals surface area contributed by atoms with Crippen molar-refractivity contribution in [2.75, 3.05) is 67.2 Å². The van der Waals surface area contributed by atoms with E-state index in [-0.39, 0.29) is 50.0 Å². The van der Waals surface area contributed by atoms with Crippen molar-refractivity contribution in [1.82, 2.24) is 19.7 Å². The van der Waals surface area contributed by atoms with Crippen molar-refractivity contribution in [3.05, 3.63) is 96.6 Å².